The Balaban J connectivity index is 0.000000401. The number of methoxy groups -OCH3 is 1. The van der Waals surface area contributed by atoms with Crippen LogP contribution in [0.5, 0.6) is 17.2 Å². The van der Waals surface area contributed by atoms with Gasteiger partial charge in [0, 0.05) is 44.5 Å². The average Bonchev–Trinajstić information content (AvgIpc) is 2.80. The van der Waals surface area contributed by atoms with Crippen LogP contribution < -0.4 is 19.1 Å². The first kappa shape index (κ1) is 22.2. The van der Waals surface area contributed by atoms with E-state index in [1.807, 2.05) is 12.1 Å². The number of anilines is 1. The number of carbonyl (C=O) groups is 2. The van der Waals surface area contributed by atoms with Crippen molar-refractivity contribution >= 4 is 17.6 Å². The fourth-order valence-electron chi connectivity index (χ4n) is 3.42. The second-order valence-corrected chi connectivity index (χ2v) is 7.05. The molecule has 0 saturated carbocycles. The monoisotopic (exact) mass is 430 g/mol. The van der Waals surface area contributed by atoms with Crippen LogP contribution in [0, 0.1) is 0 Å². The molecule has 2 aliphatic rings. The lowest BCUT2D eigenvalue weighted by Crippen LogP contribution is -2.46. The van der Waals surface area contributed by atoms with Gasteiger partial charge in [-0.25, -0.2) is 9.59 Å². The van der Waals surface area contributed by atoms with Crippen LogP contribution in [0.25, 0.3) is 0 Å². The lowest BCUT2D eigenvalue weighted by molar-refractivity contribution is -0.159. The Morgan fingerprint density at radius 3 is 2.26 bits per heavy atom. The normalized spacial score (nSPS) is 15.5. The van der Waals surface area contributed by atoms with E-state index in [-0.39, 0.29) is 0 Å². The third-order valence-corrected chi connectivity index (χ3v) is 4.99. The van der Waals surface area contributed by atoms with Crippen molar-refractivity contribution in [1.82, 2.24) is 4.90 Å². The average molecular weight is 430 g/mol. The van der Waals surface area contributed by atoms with Gasteiger partial charge in [0.05, 0.1) is 7.11 Å². The quantitative estimate of drug-likeness (QED) is 0.704. The second kappa shape index (κ2) is 10.5. The fraction of sp³-hybridized carbons (Fsp3) is 0.364. The fourth-order valence-corrected chi connectivity index (χ4v) is 3.42. The molecule has 0 unspecified atom stereocenters. The van der Waals surface area contributed by atoms with Crippen LogP contribution in [0.4, 0.5) is 5.69 Å². The Bertz CT molecular complexity index is 898. The molecule has 0 amide bonds. The smallest absolute Gasteiger partial charge is 0.414 e. The maximum absolute atomic E-state index is 9.10. The van der Waals surface area contributed by atoms with Crippen molar-refractivity contribution in [1.29, 1.82) is 0 Å². The lowest BCUT2D eigenvalue weighted by Gasteiger charge is -2.36. The number of hydrogen-bond donors (Lipinski definition) is 2. The van der Waals surface area contributed by atoms with E-state index in [9.17, 15) is 0 Å². The molecule has 2 aromatic rings. The number of benzene rings is 2. The van der Waals surface area contributed by atoms with Crippen molar-refractivity contribution < 1.29 is 34.0 Å². The lowest BCUT2D eigenvalue weighted by atomic mass is 10.1. The van der Waals surface area contributed by atoms with Crippen LogP contribution in [0.1, 0.15) is 5.56 Å². The van der Waals surface area contributed by atoms with Gasteiger partial charge in [-0.3, -0.25) is 4.90 Å². The predicted octanol–water partition coefficient (Wildman–Crippen LogP) is 1.94. The largest absolute Gasteiger partial charge is 0.497 e. The summed E-state index contributed by atoms with van der Waals surface area (Å²) in [5, 5.41) is 14.8. The molecule has 0 bridgehead atoms. The van der Waals surface area contributed by atoms with Crippen molar-refractivity contribution in [2.75, 3.05) is 51.4 Å². The van der Waals surface area contributed by atoms with Gasteiger partial charge in [-0.1, -0.05) is 12.1 Å². The molecule has 9 heteroatoms. The minimum absolute atomic E-state index is 0.630. The maximum Gasteiger partial charge on any atom is 0.414 e. The highest BCUT2D eigenvalue weighted by Crippen LogP contribution is 2.34. The summed E-state index contributed by atoms with van der Waals surface area (Å²) in [6.07, 6.45) is 0. The van der Waals surface area contributed by atoms with Crippen molar-refractivity contribution in [3.63, 3.8) is 0 Å². The van der Waals surface area contributed by atoms with Gasteiger partial charge in [-0.2, -0.15) is 0 Å². The Kier molecular flexibility index (Phi) is 7.55. The summed E-state index contributed by atoms with van der Waals surface area (Å²) in [6.45, 7) is 6.36. The summed E-state index contributed by atoms with van der Waals surface area (Å²) in [6, 6.07) is 14.6. The highest BCUT2D eigenvalue weighted by molar-refractivity contribution is 6.27. The van der Waals surface area contributed by atoms with E-state index >= 15 is 0 Å². The standard InChI is InChI=1S/C20H24N2O3.C2H2O4/c1-23-18-4-2-3-16(13-18)15-21-7-9-22(10-8-21)17-5-6-19-20(14-17)25-12-11-24-19;3-1(4)2(5)6/h2-6,13-14H,7-12,15H2,1H3;(H,3,4)(H,5,6). The molecule has 0 aliphatic carbocycles. The van der Waals surface area contributed by atoms with Crippen LogP contribution in [0.15, 0.2) is 42.5 Å². The maximum atomic E-state index is 9.10. The van der Waals surface area contributed by atoms with Gasteiger partial charge in [-0.15, -0.1) is 0 Å². The molecule has 4 rings (SSSR count). The van der Waals surface area contributed by atoms with Crippen LogP contribution in [-0.2, 0) is 16.1 Å². The molecule has 2 aromatic carbocycles. The third-order valence-electron chi connectivity index (χ3n) is 4.99. The number of piperazine rings is 1. The molecule has 0 radical (unpaired) electrons. The van der Waals surface area contributed by atoms with Crippen molar-refractivity contribution in [2.45, 2.75) is 6.54 Å². The molecule has 9 nitrogen and oxygen atoms in total. The van der Waals surface area contributed by atoms with Crippen LogP contribution in [0.3, 0.4) is 0 Å². The van der Waals surface area contributed by atoms with Gasteiger partial charge in [0.1, 0.15) is 19.0 Å². The van der Waals surface area contributed by atoms with Crippen LogP contribution >= 0.6 is 0 Å². The highest BCUT2D eigenvalue weighted by atomic mass is 16.6. The molecule has 0 atom stereocenters. The first-order valence-electron chi connectivity index (χ1n) is 9.92. The van der Waals surface area contributed by atoms with E-state index in [2.05, 4.69) is 40.1 Å². The van der Waals surface area contributed by atoms with E-state index < -0.39 is 11.9 Å². The van der Waals surface area contributed by atoms with E-state index in [0.29, 0.717) is 13.2 Å². The number of aliphatic carboxylic acids is 2. The first-order valence-corrected chi connectivity index (χ1v) is 9.92. The van der Waals surface area contributed by atoms with E-state index in [0.717, 1.165) is 50.0 Å². The second-order valence-electron chi connectivity index (χ2n) is 7.05. The van der Waals surface area contributed by atoms with E-state index in [1.165, 1.54) is 11.3 Å². The molecule has 166 valence electrons. The van der Waals surface area contributed by atoms with Gasteiger partial charge in [0.15, 0.2) is 11.5 Å². The van der Waals surface area contributed by atoms with E-state index in [1.54, 1.807) is 7.11 Å². The topological polar surface area (TPSA) is 109 Å². The van der Waals surface area contributed by atoms with Gasteiger partial charge < -0.3 is 29.3 Å². The molecule has 1 saturated heterocycles. The predicted molar refractivity (Wildman–Crippen MR) is 113 cm³/mol. The molecule has 0 spiro atoms. The summed E-state index contributed by atoms with van der Waals surface area (Å²) in [5.41, 5.74) is 2.51. The molecule has 0 aromatic heterocycles. The van der Waals surface area contributed by atoms with Crippen molar-refractivity contribution in [3.8, 4) is 17.2 Å². The molecule has 2 N–H and O–H groups in total. The van der Waals surface area contributed by atoms with Crippen LogP contribution in [-0.4, -0.2) is 73.6 Å². The Labute approximate surface area is 180 Å². The third kappa shape index (κ3) is 6.26. The number of hydrogen-bond acceptors (Lipinski definition) is 7. The Morgan fingerprint density at radius 1 is 0.935 bits per heavy atom. The molecule has 1 fully saturated rings. The number of nitrogens with zero attached hydrogens (tertiary/aromatic N) is 2. The molecule has 2 aliphatic heterocycles. The zero-order chi connectivity index (χ0) is 22.2. The molecule has 31 heavy (non-hydrogen) atoms. The summed E-state index contributed by atoms with van der Waals surface area (Å²) < 4.78 is 16.6. The first-order chi connectivity index (χ1) is 15.0. The zero-order valence-corrected chi connectivity index (χ0v) is 17.3. The number of carboxylic acid groups (broad SMARTS) is 2. The van der Waals surface area contributed by atoms with Crippen molar-refractivity contribution in [3.05, 3.63) is 48.0 Å². The number of carboxylic acids is 2. The summed E-state index contributed by atoms with van der Waals surface area (Å²) in [4.78, 5) is 23.1. The van der Waals surface area contributed by atoms with E-state index in [4.69, 9.17) is 34.0 Å². The van der Waals surface area contributed by atoms with Gasteiger partial charge in [0.2, 0.25) is 0 Å². The summed E-state index contributed by atoms with van der Waals surface area (Å²) in [7, 11) is 1.71. The summed E-state index contributed by atoms with van der Waals surface area (Å²) in [5.74, 6) is -1.01. The zero-order valence-electron chi connectivity index (χ0n) is 17.3. The van der Waals surface area contributed by atoms with Crippen molar-refractivity contribution in [2.24, 2.45) is 0 Å². The number of ether oxygens (including phenoxy) is 3. The van der Waals surface area contributed by atoms with Gasteiger partial charge in [0.25, 0.3) is 0 Å². The SMILES string of the molecule is COc1cccc(CN2CCN(c3ccc4c(c3)OCCO4)CC2)c1.O=C(O)C(=O)O. The number of rotatable bonds is 4. The Morgan fingerprint density at radius 2 is 1.61 bits per heavy atom. The molecular weight excluding hydrogens is 404 g/mol. The van der Waals surface area contributed by atoms with Gasteiger partial charge >= 0.3 is 11.9 Å². The summed E-state index contributed by atoms with van der Waals surface area (Å²) >= 11 is 0. The molecular formula is C22H26N2O7. The minimum Gasteiger partial charge on any atom is -0.497 e. The van der Waals surface area contributed by atoms with Gasteiger partial charge in [-0.05, 0) is 29.8 Å². The minimum atomic E-state index is -1.82. The van der Waals surface area contributed by atoms with Crippen LogP contribution in [0.2, 0.25) is 0 Å². The number of fused-ring (bicyclic) bond motifs is 1. The highest BCUT2D eigenvalue weighted by Gasteiger charge is 2.20. The molecule has 2 heterocycles. The Hall–Kier alpha value is -3.46.